The second-order valence-electron chi connectivity index (χ2n) is 7.13. The number of nitrogens with one attached hydrogen (secondary N) is 1. The molecule has 1 saturated carbocycles. The van der Waals surface area contributed by atoms with Gasteiger partial charge in [-0.25, -0.2) is 0 Å². The van der Waals surface area contributed by atoms with E-state index >= 15 is 0 Å². The molecule has 1 aliphatic rings. The van der Waals surface area contributed by atoms with E-state index in [0.717, 1.165) is 22.3 Å². The van der Waals surface area contributed by atoms with Gasteiger partial charge in [0.2, 0.25) is 0 Å². The highest BCUT2D eigenvalue weighted by atomic mass is 32.2. The molecule has 0 aliphatic heterocycles. The minimum Gasteiger partial charge on any atom is -0.495 e. The quantitative estimate of drug-likeness (QED) is 0.535. The summed E-state index contributed by atoms with van der Waals surface area (Å²) in [4.78, 5) is 13.1. The van der Waals surface area contributed by atoms with Gasteiger partial charge in [-0.1, -0.05) is 49.6 Å². The number of fused-ring (bicyclic) bond motifs is 1. The standard InChI is InChI=1S/C23H25NO3S/c1-26-21-14-8-6-12-19(21)24-23(25)22-18(15-28-16-9-3-2-4-10-16)17-11-5-7-13-20(17)27-22/h5-8,11-14,16H,2-4,9-10,15H2,1H3,(H,24,25). The zero-order valence-corrected chi connectivity index (χ0v) is 16.9. The Bertz CT molecular complexity index is 959. The smallest absolute Gasteiger partial charge is 0.291 e. The molecule has 1 fully saturated rings. The summed E-state index contributed by atoms with van der Waals surface area (Å²) in [5, 5.41) is 4.65. The highest BCUT2D eigenvalue weighted by molar-refractivity contribution is 7.99. The molecule has 1 heterocycles. The van der Waals surface area contributed by atoms with Crippen molar-refractivity contribution in [2.45, 2.75) is 43.1 Å². The van der Waals surface area contributed by atoms with Gasteiger partial charge < -0.3 is 14.5 Å². The minimum absolute atomic E-state index is 0.236. The highest BCUT2D eigenvalue weighted by Gasteiger charge is 2.23. The van der Waals surface area contributed by atoms with E-state index in [4.69, 9.17) is 9.15 Å². The Hall–Kier alpha value is -2.40. The Morgan fingerprint density at radius 1 is 1.11 bits per heavy atom. The molecule has 146 valence electrons. The molecule has 28 heavy (non-hydrogen) atoms. The first kappa shape index (κ1) is 18.9. The van der Waals surface area contributed by atoms with E-state index in [2.05, 4.69) is 5.32 Å². The predicted molar refractivity (Wildman–Crippen MR) is 115 cm³/mol. The second-order valence-corrected chi connectivity index (χ2v) is 8.42. The van der Waals surface area contributed by atoms with Gasteiger partial charge in [-0.05, 0) is 31.0 Å². The molecule has 0 spiro atoms. The van der Waals surface area contributed by atoms with Gasteiger partial charge in [-0.2, -0.15) is 11.8 Å². The van der Waals surface area contributed by atoms with Crippen LogP contribution in [0.4, 0.5) is 5.69 Å². The lowest BCUT2D eigenvalue weighted by molar-refractivity contribution is 0.0997. The van der Waals surface area contributed by atoms with Gasteiger partial charge in [0.1, 0.15) is 11.3 Å². The average molecular weight is 396 g/mol. The lowest BCUT2D eigenvalue weighted by atomic mass is 10.0. The molecule has 0 radical (unpaired) electrons. The Labute approximate surface area is 169 Å². The number of ether oxygens (including phenoxy) is 1. The third kappa shape index (κ3) is 4.04. The van der Waals surface area contributed by atoms with Crippen molar-refractivity contribution in [3.63, 3.8) is 0 Å². The molecule has 1 amide bonds. The maximum Gasteiger partial charge on any atom is 0.291 e. The summed E-state index contributed by atoms with van der Waals surface area (Å²) in [5.74, 6) is 1.58. The van der Waals surface area contributed by atoms with Crippen LogP contribution in [0.25, 0.3) is 11.0 Å². The summed E-state index contributed by atoms with van der Waals surface area (Å²) >= 11 is 1.95. The number of amides is 1. The van der Waals surface area contributed by atoms with Gasteiger partial charge in [0.25, 0.3) is 5.91 Å². The number of carbonyl (C=O) groups excluding carboxylic acids is 1. The number of rotatable bonds is 6. The predicted octanol–water partition coefficient (Wildman–Crippen LogP) is 6.26. The summed E-state index contributed by atoms with van der Waals surface area (Å²) in [5.41, 5.74) is 2.38. The SMILES string of the molecule is COc1ccccc1NC(=O)c1oc2ccccc2c1CSC1CCCCC1. The molecule has 0 unspecified atom stereocenters. The molecule has 4 rings (SSSR count). The van der Waals surface area contributed by atoms with Crippen LogP contribution in [0.1, 0.15) is 48.2 Å². The van der Waals surface area contributed by atoms with Gasteiger partial charge in [-0.15, -0.1) is 0 Å². The van der Waals surface area contributed by atoms with Crippen LogP contribution < -0.4 is 10.1 Å². The molecule has 0 saturated heterocycles. The number of methoxy groups -OCH3 is 1. The summed E-state index contributed by atoms with van der Waals surface area (Å²) in [6.07, 6.45) is 6.50. The largest absolute Gasteiger partial charge is 0.495 e. The molecule has 5 heteroatoms. The maximum absolute atomic E-state index is 13.1. The van der Waals surface area contributed by atoms with Crippen LogP contribution in [0.15, 0.2) is 52.9 Å². The van der Waals surface area contributed by atoms with Crippen LogP contribution in [0, 0.1) is 0 Å². The lowest BCUT2D eigenvalue weighted by Gasteiger charge is -2.20. The number of furan rings is 1. The number of thioether (sulfide) groups is 1. The van der Waals surface area contributed by atoms with Crippen LogP contribution in [0.3, 0.4) is 0 Å². The van der Waals surface area contributed by atoms with Crippen LogP contribution in [0.5, 0.6) is 5.75 Å². The molecule has 4 nitrogen and oxygen atoms in total. The Morgan fingerprint density at radius 2 is 1.86 bits per heavy atom. The van der Waals surface area contributed by atoms with Gasteiger partial charge in [0, 0.05) is 22.0 Å². The van der Waals surface area contributed by atoms with Crippen LogP contribution in [-0.4, -0.2) is 18.3 Å². The number of carbonyl (C=O) groups is 1. The normalized spacial score (nSPS) is 14.9. The molecule has 1 aromatic heterocycles. The third-order valence-electron chi connectivity index (χ3n) is 5.28. The fourth-order valence-electron chi connectivity index (χ4n) is 3.79. The second kappa shape index (κ2) is 8.74. The van der Waals surface area contributed by atoms with Crippen molar-refractivity contribution in [2.24, 2.45) is 0 Å². The van der Waals surface area contributed by atoms with Crippen LogP contribution in [-0.2, 0) is 5.75 Å². The van der Waals surface area contributed by atoms with E-state index in [1.807, 2.05) is 60.3 Å². The topological polar surface area (TPSA) is 51.5 Å². The monoisotopic (exact) mass is 395 g/mol. The van der Waals surface area contributed by atoms with Crippen molar-refractivity contribution in [2.75, 3.05) is 12.4 Å². The van der Waals surface area contributed by atoms with E-state index in [1.165, 1.54) is 32.1 Å². The Kier molecular flexibility index (Phi) is 5.91. The summed E-state index contributed by atoms with van der Waals surface area (Å²) in [6, 6.07) is 15.3. The first-order valence-corrected chi connectivity index (χ1v) is 10.9. The van der Waals surface area contributed by atoms with Crippen LogP contribution in [0.2, 0.25) is 0 Å². The average Bonchev–Trinajstić information content (AvgIpc) is 3.12. The van der Waals surface area contributed by atoms with Gasteiger partial charge in [-0.3, -0.25) is 4.79 Å². The van der Waals surface area contributed by atoms with Crippen molar-refractivity contribution >= 4 is 34.3 Å². The molecule has 0 atom stereocenters. The third-order valence-corrected chi connectivity index (χ3v) is 6.67. The maximum atomic E-state index is 13.1. The van der Waals surface area contributed by atoms with E-state index in [9.17, 15) is 4.79 Å². The lowest BCUT2D eigenvalue weighted by Crippen LogP contribution is -2.14. The summed E-state index contributed by atoms with van der Waals surface area (Å²) < 4.78 is 11.3. The fourth-order valence-corrected chi connectivity index (χ4v) is 5.14. The van der Waals surface area contributed by atoms with Crippen molar-refractivity contribution in [1.82, 2.24) is 0 Å². The highest BCUT2D eigenvalue weighted by Crippen LogP contribution is 2.35. The van der Waals surface area contributed by atoms with Crippen molar-refractivity contribution in [3.8, 4) is 5.75 Å². The molecule has 1 aliphatic carbocycles. The van der Waals surface area contributed by atoms with Crippen molar-refractivity contribution in [1.29, 1.82) is 0 Å². The van der Waals surface area contributed by atoms with Crippen molar-refractivity contribution < 1.29 is 13.9 Å². The number of hydrogen-bond donors (Lipinski definition) is 1. The first-order chi connectivity index (χ1) is 13.8. The zero-order chi connectivity index (χ0) is 19.3. The Morgan fingerprint density at radius 3 is 2.68 bits per heavy atom. The molecule has 3 aromatic rings. The number of benzene rings is 2. The molecule has 2 aromatic carbocycles. The number of hydrogen-bond acceptors (Lipinski definition) is 4. The van der Waals surface area contributed by atoms with Gasteiger partial charge in [0.05, 0.1) is 12.8 Å². The van der Waals surface area contributed by atoms with Crippen LogP contribution >= 0.6 is 11.8 Å². The van der Waals surface area contributed by atoms with E-state index in [0.29, 0.717) is 22.4 Å². The number of anilines is 1. The molecular formula is C23H25NO3S. The molecule has 0 bridgehead atoms. The molecule has 1 N–H and O–H groups in total. The first-order valence-electron chi connectivity index (χ1n) is 9.82. The minimum atomic E-state index is -0.236. The molecular weight excluding hydrogens is 370 g/mol. The van der Waals surface area contributed by atoms with E-state index < -0.39 is 0 Å². The van der Waals surface area contributed by atoms with Gasteiger partial charge >= 0.3 is 0 Å². The summed E-state index contributed by atoms with van der Waals surface area (Å²) in [6.45, 7) is 0. The zero-order valence-electron chi connectivity index (χ0n) is 16.1. The number of para-hydroxylation sites is 3. The van der Waals surface area contributed by atoms with E-state index in [-0.39, 0.29) is 5.91 Å². The summed E-state index contributed by atoms with van der Waals surface area (Å²) in [7, 11) is 1.60. The Balaban J connectivity index is 1.61. The van der Waals surface area contributed by atoms with Gasteiger partial charge in [0.15, 0.2) is 5.76 Å². The fraction of sp³-hybridized carbons (Fsp3) is 0.348. The van der Waals surface area contributed by atoms with Crippen molar-refractivity contribution in [3.05, 3.63) is 59.9 Å². The van der Waals surface area contributed by atoms with E-state index in [1.54, 1.807) is 7.11 Å².